The number of fused-ring (bicyclic) bond motifs is 1. The molecule has 0 spiro atoms. The van der Waals surface area contributed by atoms with Crippen LogP contribution in [-0.2, 0) is 4.79 Å². The molecule has 1 amide bonds. The molecule has 0 fully saturated rings. The molecule has 0 radical (unpaired) electrons. The third kappa shape index (κ3) is 7.33. The topological polar surface area (TPSA) is 138 Å². The number of anilines is 1. The number of carbonyl (C=O) groups excluding carboxylic acids is 1. The summed E-state index contributed by atoms with van der Waals surface area (Å²) >= 11 is 0. The second kappa shape index (κ2) is 14.0. The molecule has 1 heterocycles. The van der Waals surface area contributed by atoms with E-state index in [9.17, 15) is 24.1 Å². The van der Waals surface area contributed by atoms with E-state index in [4.69, 9.17) is 14.5 Å². The Morgan fingerprint density at radius 1 is 1.06 bits per heavy atom. The number of nitro benzene ring substituents is 1. The lowest BCUT2D eigenvalue weighted by molar-refractivity contribution is -0.384. The first-order chi connectivity index (χ1) is 22.5. The summed E-state index contributed by atoms with van der Waals surface area (Å²) in [5, 5.41) is 19.0. The number of carbonyl (C=O) groups is 1. The van der Waals surface area contributed by atoms with Gasteiger partial charge in [0.05, 0.1) is 28.6 Å². The van der Waals surface area contributed by atoms with Gasteiger partial charge in [0.25, 0.3) is 17.2 Å². The molecular weight excluding hydrogens is 605 g/mol. The van der Waals surface area contributed by atoms with Gasteiger partial charge in [-0.15, -0.1) is 0 Å². The van der Waals surface area contributed by atoms with Crippen molar-refractivity contribution >= 4 is 34.4 Å². The van der Waals surface area contributed by atoms with Crippen molar-refractivity contribution in [2.75, 3.05) is 18.5 Å². The zero-order chi connectivity index (χ0) is 33.7. The molecule has 47 heavy (non-hydrogen) atoms. The van der Waals surface area contributed by atoms with Gasteiger partial charge in [-0.3, -0.25) is 19.7 Å². The van der Waals surface area contributed by atoms with Gasteiger partial charge in [0.2, 0.25) is 0 Å². The van der Waals surface area contributed by atoms with E-state index in [1.807, 2.05) is 39.8 Å². The fourth-order valence-electron chi connectivity index (χ4n) is 4.95. The summed E-state index contributed by atoms with van der Waals surface area (Å²) in [4.78, 5) is 42.3. The maximum atomic E-state index is 13.9. The third-order valence-corrected chi connectivity index (χ3v) is 7.28. The minimum Gasteiger partial charge on any atom is -0.494 e. The summed E-state index contributed by atoms with van der Waals surface area (Å²) in [6, 6.07) is 19.8. The Kier molecular flexibility index (Phi) is 9.69. The highest BCUT2D eigenvalue weighted by Gasteiger charge is 2.19. The molecule has 1 aromatic heterocycles. The van der Waals surface area contributed by atoms with Gasteiger partial charge in [-0.1, -0.05) is 26.0 Å². The molecule has 0 atom stereocenters. The normalized spacial score (nSPS) is 11.3. The first kappa shape index (κ1) is 32.5. The van der Waals surface area contributed by atoms with Crippen LogP contribution in [0.5, 0.6) is 11.5 Å². The molecule has 5 rings (SSSR count). The van der Waals surface area contributed by atoms with Crippen LogP contribution >= 0.6 is 0 Å². The molecule has 1 N–H and O–H groups in total. The molecule has 0 unspecified atom stereocenters. The molecule has 0 saturated heterocycles. The highest BCUT2D eigenvalue weighted by Crippen LogP contribution is 2.34. The van der Waals surface area contributed by atoms with Crippen LogP contribution in [0.1, 0.15) is 43.4 Å². The van der Waals surface area contributed by atoms with Crippen molar-refractivity contribution in [1.82, 2.24) is 9.66 Å². The molecule has 11 nitrogen and oxygen atoms in total. The van der Waals surface area contributed by atoms with Gasteiger partial charge < -0.3 is 14.8 Å². The molecule has 5 aromatic rings. The van der Waals surface area contributed by atoms with Crippen molar-refractivity contribution in [3.8, 4) is 22.9 Å². The van der Waals surface area contributed by atoms with Crippen molar-refractivity contribution < 1.29 is 23.6 Å². The van der Waals surface area contributed by atoms with E-state index in [0.717, 1.165) is 21.6 Å². The Labute approximate surface area is 269 Å². The zero-order valence-corrected chi connectivity index (χ0v) is 26.2. The van der Waals surface area contributed by atoms with E-state index >= 15 is 0 Å². The molecule has 0 saturated carbocycles. The maximum absolute atomic E-state index is 13.9. The number of halogens is 1. The fourth-order valence-corrected chi connectivity index (χ4v) is 4.95. The highest BCUT2D eigenvalue weighted by molar-refractivity contribution is 5.92. The van der Waals surface area contributed by atoms with E-state index in [1.54, 1.807) is 24.3 Å². The van der Waals surface area contributed by atoms with E-state index in [2.05, 4.69) is 10.4 Å². The molecule has 0 aliphatic heterocycles. The SMILES string of the molecule is CCOc1cc(C)c(-c2nc3ccccc3c(=O)n2N=Cc2cc([N+](=O)[O-])ccc2OCC(=O)Nc2ccc(F)cc2)cc1C(C)C. The second-order valence-corrected chi connectivity index (χ2v) is 10.9. The number of nitrogens with zero attached hydrogens (tertiary/aromatic N) is 4. The number of aromatic nitrogens is 2. The lowest BCUT2D eigenvalue weighted by atomic mass is 9.96. The van der Waals surface area contributed by atoms with Crippen molar-refractivity contribution in [3.05, 3.63) is 122 Å². The first-order valence-corrected chi connectivity index (χ1v) is 14.9. The van der Waals surface area contributed by atoms with Crippen LogP contribution in [0.2, 0.25) is 0 Å². The van der Waals surface area contributed by atoms with E-state index in [1.165, 1.54) is 48.7 Å². The largest absolute Gasteiger partial charge is 0.494 e. The van der Waals surface area contributed by atoms with Gasteiger partial charge in [-0.25, -0.2) is 9.37 Å². The number of amides is 1. The number of rotatable bonds is 11. The van der Waals surface area contributed by atoms with Gasteiger partial charge in [0.15, 0.2) is 12.4 Å². The highest BCUT2D eigenvalue weighted by atomic mass is 19.1. The summed E-state index contributed by atoms with van der Waals surface area (Å²) in [5.41, 5.74) is 2.68. The third-order valence-electron chi connectivity index (χ3n) is 7.28. The predicted molar refractivity (Wildman–Crippen MR) is 178 cm³/mol. The van der Waals surface area contributed by atoms with Gasteiger partial charge >= 0.3 is 0 Å². The Balaban J connectivity index is 1.58. The average Bonchev–Trinajstić information content (AvgIpc) is 3.04. The van der Waals surface area contributed by atoms with Gasteiger partial charge in [-0.2, -0.15) is 9.78 Å². The molecule has 4 aromatic carbocycles. The lowest BCUT2D eigenvalue weighted by Gasteiger charge is -2.18. The molecule has 12 heteroatoms. The molecule has 0 aliphatic carbocycles. The quantitative estimate of drug-likeness (QED) is 0.0951. The summed E-state index contributed by atoms with van der Waals surface area (Å²) in [6.45, 7) is 7.92. The minimum atomic E-state index is -0.575. The van der Waals surface area contributed by atoms with Gasteiger partial charge in [-0.05, 0) is 85.5 Å². The number of nitro groups is 1. The minimum absolute atomic E-state index is 0.102. The Morgan fingerprint density at radius 3 is 2.51 bits per heavy atom. The monoisotopic (exact) mass is 637 g/mol. The smallest absolute Gasteiger partial charge is 0.282 e. The number of hydrogen-bond acceptors (Lipinski definition) is 8. The number of ether oxygens (including phenoxy) is 2. The number of benzene rings is 4. The standard InChI is InChI=1S/C35H32FN5O6/c1-5-46-32-16-22(4)29(18-28(32)21(2)3)34-39-30-9-7-6-8-27(30)35(43)40(34)37-19-23-17-26(41(44)45)14-15-31(23)47-20-33(42)38-25-12-10-24(36)11-13-25/h6-19,21H,5,20H2,1-4H3,(H,38,42). The zero-order valence-electron chi connectivity index (χ0n) is 26.2. The Bertz CT molecular complexity index is 2060. The van der Waals surface area contributed by atoms with Crippen molar-refractivity contribution in [1.29, 1.82) is 0 Å². The molecule has 240 valence electrons. The fraction of sp³-hybridized carbons (Fsp3) is 0.200. The number of para-hydroxylation sites is 1. The first-order valence-electron chi connectivity index (χ1n) is 14.9. The molecule has 0 bridgehead atoms. The summed E-state index contributed by atoms with van der Waals surface area (Å²) < 4.78 is 26.0. The summed E-state index contributed by atoms with van der Waals surface area (Å²) in [6.07, 6.45) is 1.26. The van der Waals surface area contributed by atoms with Crippen LogP contribution in [0.15, 0.2) is 88.8 Å². The van der Waals surface area contributed by atoms with Crippen molar-refractivity contribution in [3.63, 3.8) is 0 Å². The van der Waals surface area contributed by atoms with Crippen LogP contribution in [0, 0.1) is 22.9 Å². The number of non-ortho nitro benzene ring substituents is 1. The van der Waals surface area contributed by atoms with E-state index in [0.29, 0.717) is 28.8 Å². The number of nitrogens with one attached hydrogen (secondary N) is 1. The van der Waals surface area contributed by atoms with Crippen LogP contribution in [0.3, 0.4) is 0 Å². The lowest BCUT2D eigenvalue weighted by Crippen LogP contribution is -2.21. The van der Waals surface area contributed by atoms with E-state index in [-0.39, 0.29) is 28.7 Å². The maximum Gasteiger partial charge on any atom is 0.282 e. The van der Waals surface area contributed by atoms with Crippen LogP contribution in [0.4, 0.5) is 15.8 Å². The van der Waals surface area contributed by atoms with Crippen molar-refractivity contribution in [2.45, 2.75) is 33.6 Å². The van der Waals surface area contributed by atoms with Gasteiger partial charge in [0.1, 0.15) is 17.3 Å². The van der Waals surface area contributed by atoms with Crippen LogP contribution in [-0.4, -0.2) is 39.9 Å². The Hall–Kier alpha value is -5.91. The van der Waals surface area contributed by atoms with Crippen LogP contribution in [0.25, 0.3) is 22.3 Å². The second-order valence-electron chi connectivity index (χ2n) is 10.9. The van der Waals surface area contributed by atoms with Crippen molar-refractivity contribution in [2.24, 2.45) is 5.10 Å². The summed E-state index contributed by atoms with van der Waals surface area (Å²) in [7, 11) is 0. The number of hydrogen-bond donors (Lipinski definition) is 1. The average molecular weight is 638 g/mol. The molecule has 0 aliphatic rings. The van der Waals surface area contributed by atoms with E-state index < -0.39 is 28.8 Å². The predicted octanol–water partition coefficient (Wildman–Crippen LogP) is 6.84. The van der Waals surface area contributed by atoms with Gasteiger partial charge in [0, 0.05) is 28.9 Å². The Morgan fingerprint density at radius 2 is 1.81 bits per heavy atom. The van der Waals surface area contributed by atoms with Crippen LogP contribution < -0.4 is 20.3 Å². The summed E-state index contributed by atoms with van der Waals surface area (Å²) in [5.74, 6) is 0.224. The molecular formula is C35H32FN5O6. The number of aryl methyl sites for hydroxylation is 1.